The predicted molar refractivity (Wildman–Crippen MR) is 203 cm³/mol. The Balaban J connectivity index is 1.37. The summed E-state index contributed by atoms with van der Waals surface area (Å²) in [6.07, 6.45) is 1.37. The number of anilines is 4. The van der Waals surface area contributed by atoms with E-state index in [0.717, 1.165) is 29.2 Å². The fourth-order valence-corrected chi connectivity index (χ4v) is 9.29. The normalized spacial score (nSPS) is 23.6. The van der Waals surface area contributed by atoms with E-state index in [1.54, 1.807) is 31.2 Å². The summed E-state index contributed by atoms with van der Waals surface area (Å²) >= 11 is 0. The first-order chi connectivity index (χ1) is 27.3. The van der Waals surface area contributed by atoms with Crippen molar-refractivity contribution in [1.82, 2.24) is 0 Å². The van der Waals surface area contributed by atoms with E-state index in [2.05, 4.69) is 0 Å². The van der Waals surface area contributed by atoms with Crippen LogP contribution in [0.1, 0.15) is 29.9 Å². The van der Waals surface area contributed by atoms with Gasteiger partial charge >= 0.3 is 22.7 Å². The second-order valence-electron chi connectivity index (χ2n) is 15.0. The number of carbonyl (C=O) groups excluding carboxylic acids is 4. The molecule has 2 aliphatic carbocycles. The van der Waals surface area contributed by atoms with Gasteiger partial charge in [-0.2, -0.15) is 0 Å². The largest absolute Gasteiger partial charge is 0.507 e. The van der Waals surface area contributed by atoms with Crippen molar-refractivity contribution in [3.63, 3.8) is 0 Å². The number of hydrogen-bond acceptors (Lipinski definition) is 15. The molecule has 3 aromatic rings. The Morgan fingerprint density at radius 2 is 1.07 bits per heavy atom. The molecule has 1 N–H and O–H groups in total. The van der Waals surface area contributed by atoms with Crippen molar-refractivity contribution in [1.29, 1.82) is 0 Å². The maximum Gasteiger partial charge on any atom is 0.301 e. The summed E-state index contributed by atoms with van der Waals surface area (Å²) in [7, 11) is 5.43. The van der Waals surface area contributed by atoms with Gasteiger partial charge in [-0.1, -0.05) is 29.8 Å². The van der Waals surface area contributed by atoms with Gasteiger partial charge in [0.05, 0.1) is 54.7 Å². The zero-order valence-corrected chi connectivity index (χ0v) is 31.4. The summed E-state index contributed by atoms with van der Waals surface area (Å²) < 4.78 is 0. The van der Waals surface area contributed by atoms with E-state index in [4.69, 9.17) is 0 Å². The standard InChI is InChI=1S/C37H34N8O13/c1-16-7-6-8-20(33(16)46)28-19-9-10-21-29(36(49)40(34(21)47)17-11-24(42(51)52)31(38(2)3)25(12-17)43(53)54)22(19)15-23-30(28)37(50)41(35(23)48)18-13-26(44(55)56)32(39(4)5)27(14-18)45(57)58/h6-9,11-14,21-23,28-30,46H,10,15H2,1-5H3. The average Bonchev–Trinajstić information content (AvgIpc) is 3.57. The summed E-state index contributed by atoms with van der Waals surface area (Å²) in [4.78, 5) is 107. The minimum atomic E-state index is -1.27. The number of carbonyl (C=O) groups is 4. The van der Waals surface area contributed by atoms with Crippen LogP contribution in [0.5, 0.6) is 5.75 Å². The summed E-state index contributed by atoms with van der Waals surface area (Å²) in [5.74, 6) is -10.5. The highest BCUT2D eigenvalue weighted by Gasteiger charge is 2.63. The number of fused-ring (bicyclic) bond motifs is 4. The zero-order valence-electron chi connectivity index (χ0n) is 31.4. The van der Waals surface area contributed by atoms with Crippen molar-refractivity contribution < 1.29 is 44.0 Å². The molecule has 0 bridgehead atoms. The van der Waals surface area contributed by atoms with E-state index in [1.807, 2.05) is 0 Å². The quantitative estimate of drug-likeness (QED) is 0.135. The van der Waals surface area contributed by atoms with Crippen LogP contribution < -0.4 is 19.6 Å². The number of benzene rings is 3. The molecule has 3 aromatic carbocycles. The van der Waals surface area contributed by atoms with Gasteiger partial charge in [0.1, 0.15) is 5.75 Å². The van der Waals surface area contributed by atoms with Gasteiger partial charge in [-0.25, -0.2) is 9.80 Å². The maximum atomic E-state index is 14.6. The van der Waals surface area contributed by atoms with Crippen LogP contribution in [0.25, 0.3) is 0 Å². The average molecular weight is 799 g/mol. The number of hydrogen-bond donors (Lipinski definition) is 1. The maximum absolute atomic E-state index is 14.6. The highest BCUT2D eigenvalue weighted by molar-refractivity contribution is 6.24. The molecular weight excluding hydrogens is 764 g/mol. The van der Waals surface area contributed by atoms with Crippen LogP contribution in [0.3, 0.4) is 0 Å². The molecule has 4 amide bonds. The van der Waals surface area contributed by atoms with Crippen molar-refractivity contribution in [2.75, 3.05) is 47.8 Å². The fraction of sp³-hybridized carbons (Fsp3) is 0.351. The lowest BCUT2D eigenvalue weighted by Crippen LogP contribution is -2.43. The smallest absolute Gasteiger partial charge is 0.301 e. The number of nitro groups is 4. The topological polar surface area (TPSA) is 274 Å². The number of nitrogens with zero attached hydrogens (tertiary/aromatic N) is 8. The van der Waals surface area contributed by atoms with Gasteiger partial charge in [0.15, 0.2) is 11.4 Å². The molecule has 2 aliphatic heterocycles. The number of para-hydroxylation sites is 1. The molecule has 3 fully saturated rings. The number of imide groups is 2. The predicted octanol–water partition coefficient (Wildman–Crippen LogP) is 4.51. The number of phenolic OH excluding ortho intramolecular Hbond substituents is 1. The monoisotopic (exact) mass is 798 g/mol. The number of allylic oxidation sites excluding steroid dienone is 2. The summed E-state index contributed by atoms with van der Waals surface area (Å²) in [5.41, 5.74) is -3.45. The van der Waals surface area contributed by atoms with Crippen LogP contribution in [0.15, 0.2) is 54.1 Å². The number of amides is 4. The molecule has 1 saturated carbocycles. The van der Waals surface area contributed by atoms with Crippen LogP contribution in [0.2, 0.25) is 0 Å². The van der Waals surface area contributed by atoms with Crippen LogP contribution >= 0.6 is 0 Å². The first kappa shape index (κ1) is 38.9. The van der Waals surface area contributed by atoms with Crippen LogP contribution in [0, 0.1) is 77.0 Å². The molecule has 6 unspecified atom stereocenters. The second kappa shape index (κ2) is 13.7. The Morgan fingerprint density at radius 1 is 0.638 bits per heavy atom. The molecule has 0 spiro atoms. The Labute approximate surface area is 327 Å². The third kappa shape index (κ3) is 5.67. The Kier molecular flexibility index (Phi) is 9.20. The van der Waals surface area contributed by atoms with E-state index in [9.17, 15) is 64.7 Å². The van der Waals surface area contributed by atoms with Gasteiger partial charge in [-0.3, -0.25) is 59.6 Å². The SMILES string of the molecule is Cc1cccc(C2C3=CCC4C(=O)N(c5cc([N+](=O)[O-])c(N(C)C)c([N+](=O)[O-])c5)C(=O)C4C3CC3C(=O)N(c4cc([N+](=O)[O-])c(N(C)C)c([N+](=O)[O-])c4)C(=O)C32)c1O. The Morgan fingerprint density at radius 3 is 1.50 bits per heavy atom. The first-order valence-electron chi connectivity index (χ1n) is 17.8. The first-order valence-corrected chi connectivity index (χ1v) is 17.8. The molecule has 58 heavy (non-hydrogen) atoms. The Bertz CT molecular complexity index is 2390. The Hall–Kier alpha value is -7.32. The van der Waals surface area contributed by atoms with Crippen molar-refractivity contribution in [2.24, 2.45) is 29.6 Å². The number of aryl methyl sites for hydroxylation is 1. The van der Waals surface area contributed by atoms with Gasteiger partial charge in [-0.15, -0.1) is 0 Å². The molecule has 2 heterocycles. The number of nitro benzene ring substituents is 4. The molecule has 300 valence electrons. The van der Waals surface area contributed by atoms with E-state index >= 15 is 0 Å². The second-order valence-corrected chi connectivity index (χ2v) is 15.0. The lowest BCUT2D eigenvalue weighted by Gasteiger charge is -2.44. The van der Waals surface area contributed by atoms with Gasteiger partial charge in [0.2, 0.25) is 23.6 Å². The number of rotatable bonds is 9. The molecule has 2 saturated heterocycles. The van der Waals surface area contributed by atoms with E-state index in [0.29, 0.717) is 20.9 Å². The molecule has 21 nitrogen and oxygen atoms in total. The van der Waals surface area contributed by atoms with Crippen LogP contribution in [-0.4, -0.2) is 76.6 Å². The molecule has 6 atom stereocenters. The summed E-state index contributed by atoms with van der Waals surface area (Å²) in [6.45, 7) is 1.61. The molecule has 4 aliphatic rings. The fourth-order valence-electron chi connectivity index (χ4n) is 9.29. The van der Waals surface area contributed by atoms with Gasteiger partial charge in [-0.05, 0) is 31.2 Å². The molecule has 0 aromatic heterocycles. The summed E-state index contributed by atoms with van der Waals surface area (Å²) in [6, 6.07) is 8.37. The molecule has 7 rings (SSSR count). The zero-order chi connectivity index (χ0) is 42.4. The minimum absolute atomic E-state index is 0.0752. The van der Waals surface area contributed by atoms with Crippen molar-refractivity contribution in [3.8, 4) is 5.75 Å². The van der Waals surface area contributed by atoms with E-state index < -0.39 is 113 Å². The van der Waals surface area contributed by atoms with Gasteiger partial charge in [0, 0.05) is 63.9 Å². The van der Waals surface area contributed by atoms with E-state index in [-0.39, 0.29) is 35.5 Å². The van der Waals surface area contributed by atoms with Gasteiger partial charge < -0.3 is 14.9 Å². The third-order valence-electron chi connectivity index (χ3n) is 11.6. The van der Waals surface area contributed by atoms with Crippen molar-refractivity contribution in [3.05, 3.63) is 106 Å². The lowest BCUT2D eigenvalue weighted by atomic mass is 9.57. The highest BCUT2D eigenvalue weighted by Crippen LogP contribution is 2.60. The minimum Gasteiger partial charge on any atom is -0.507 e. The lowest BCUT2D eigenvalue weighted by molar-refractivity contribution is -0.392. The number of aromatic hydroxyl groups is 1. The molecular formula is C37H34N8O13. The molecule has 0 radical (unpaired) electrons. The van der Waals surface area contributed by atoms with Crippen molar-refractivity contribution >= 4 is 69.1 Å². The third-order valence-corrected chi connectivity index (χ3v) is 11.6. The highest BCUT2D eigenvalue weighted by atomic mass is 16.6. The van der Waals surface area contributed by atoms with E-state index in [1.165, 1.54) is 33.1 Å². The van der Waals surface area contributed by atoms with Crippen LogP contribution in [0.4, 0.5) is 45.5 Å². The van der Waals surface area contributed by atoms with Crippen LogP contribution in [-0.2, 0) is 19.2 Å². The number of phenols is 1. The van der Waals surface area contributed by atoms with Crippen molar-refractivity contribution in [2.45, 2.75) is 25.7 Å². The summed E-state index contributed by atoms with van der Waals surface area (Å²) in [5, 5.41) is 60.1. The molecule has 21 heteroatoms. The van der Waals surface area contributed by atoms with Gasteiger partial charge in [0.25, 0.3) is 0 Å².